The van der Waals surface area contributed by atoms with E-state index in [0.717, 1.165) is 16.3 Å². The SMILES string of the molecule is CC(C)[C@H](NC(=O)COc1cccc2c[n+](C)ccc12)C(=O)N[C@@H](Cc1ccccc1)[C@H](O)C(=O)N1CSC[C@H]1C(=O)NC(C)(C)C. The van der Waals surface area contributed by atoms with E-state index in [4.69, 9.17) is 4.74 Å². The molecule has 11 nitrogen and oxygen atoms in total. The first kappa shape index (κ1) is 35.7. The second-order valence-electron chi connectivity index (χ2n) is 13.3. The van der Waals surface area contributed by atoms with E-state index in [-0.39, 0.29) is 30.7 Å². The molecule has 0 aliphatic carbocycles. The zero-order chi connectivity index (χ0) is 34.3. The highest BCUT2D eigenvalue weighted by atomic mass is 32.2. The molecular weight excluding hydrogens is 618 g/mol. The molecule has 0 saturated carbocycles. The van der Waals surface area contributed by atoms with Crippen molar-refractivity contribution >= 4 is 46.2 Å². The molecule has 3 aromatic rings. The Morgan fingerprint density at radius 3 is 2.45 bits per heavy atom. The molecule has 0 spiro atoms. The monoisotopic (exact) mass is 664 g/mol. The number of aliphatic hydroxyl groups excluding tert-OH is 1. The number of aliphatic hydroxyl groups is 1. The molecule has 47 heavy (non-hydrogen) atoms. The Balaban J connectivity index is 1.47. The van der Waals surface area contributed by atoms with Gasteiger partial charge in [0.25, 0.3) is 11.8 Å². The van der Waals surface area contributed by atoms with E-state index in [1.165, 1.54) is 16.7 Å². The number of ether oxygens (including phenoxy) is 1. The summed E-state index contributed by atoms with van der Waals surface area (Å²) in [7, 11) is 1.92. The molecule has 4 amide bonds. The van der Waals surface area contributed by atoms with Crippen molar-refractivity contribution in [2.75, 3.05) is 18.2 Å². The molecule has 12 heteroatoms. The number of aryl methyl sites for hydroxylation is 1. The quantitative estimate of drug-likeness (QED) is 0.218. The first-order chi connectivity index (χ1) is 22.2. The van der Waals surface area contributed by atoms with Gasteiger partial charge in [-0.25, -0.2) is 4.57 Å². The molecule has 4 N–H and O–H groups in total. The van der Waals surface area contributed by atoms with Gasteiger partial charge in [0, 0.05) is 28.1 Å². The van der Waals surface area contributed by atoms with E-state index in [2.05, 4.69) is 16.0 Å². The molecule has 2 heterocycles. The predicted molar refractivity (Wildman–Crippen MR) is 181 cm³/mol. The van der Waals surface area contributed by atoms with Crippen LogP contribution in [0.25, 0.3) is 10.8 Å². The van der Waals surface area contributed by atoms with Crippen LogP contribution in [0.15, 0.2) is 67.0 Å². The highest BCUT2D eigenvalue weighted by Gasteiger charge is 2.41. The molecule has 0 bridgehead atoms. The van der Waals surface area contributed by atoms with Crippen molar-refractivity contribution in [1.82, 2.24) is 20.9 Å². The van der Waals surface area contributed by atoms with E-state index in [9.17, 15) is 24.3 Å². The molecular formula is C35H46N5O6S+. The summed E-state index contributed by atoms with van der Waals surface area (Å²) in [6, 6.07) is 13.9. The van der Waals surface area contributed by atoms with E-state index in [0.29, 0.717) is 11.5 Å². The van der Waals surface area contributed by atoms with E-state index in [1.807, 2.05) is 93.3 Å². The first-order valence-electron chi connectivity index (χ1n) is 15.8. The number of carbonyl (C=O) groups is 4. The third-order valence-electron chi connectivity index (χ3n) is 7.77. The number of hydrogen-bond donors (Lipinski definition) is 4. The fourth-order valence-electron chi connectivity index (χ4n) is 5.38. The van der Waals surface area contributed by atoms with Crippen molar-refractivity contribution < 1.29 is 33.6 Å². The topological polar surface area (TPSA) is 141 Å². The summed E-state index contributed by atoms with van der Waals surface area (Å²) >= 11 is 1.43. The predicted octanol–water partition coefficient (Wildman–Crippen LogP) is 2.09. The average Bonchev–Trinajstić information content (AvgIpc) is 3.51. The Morgan fingerprint density at radius 2 is 1.77 bits per heavy atom. The number of fused-ring (bicyclic) bond motifs is 1. The molecule has 0 unspecified atom stereocenters. The lowest BCUT2D eigenvalue weighted by atomic mass is 9.97. The van der Waals surface area contributed by atoms with Crippen LogP contribution in [0.2, 0.25) is 0 Å². The Bertz CT molecular complexity index is 1580. The molecule has 0 radical (unpaired) electrons. The number of nitrogens with one attached hydrogen (secondary N) is 3. The zero-order valence-electron chi connectivity index (χ0n) is 27.9. The fraction of sp³-hybridized carbons (Fsp3) is 0.457. The number of nitrogens with zero attached hydrogens (tertiary/aromatic N) is 2. The minimum Gasteiger partial charge on any atom is -0.483 e. The van der Waals surface area contributed by atoms with E-state index >= 15 is 0 Å². The second kappa shape index (κ2) is 15.6. The molecule has 4 rings (SSSR count). The summed E-state index contributed by atoms with van der Waals surface area (Å²) in [5.41, 5.74) is 0.306. The molecule has 1 aliphatic heterocycles. The van der Waals surface area contributed by atoms with E-state index < -0.39 is 47.5 Å². The van der Waals surface area contributed by atoms with Crippen molar-refractivity contribution in [3.63, 3.8) is 0 Å². The Hall–Kier alpha value is -4.16. The minimum atomic E-state index is -1.64. The Labute approximate surface area is 280 Å². The fourth-order valence-corrected chi connectivity index (χ4v) is 6.54. The van der Waals surface area contributed by atoms with Gasteiger partial charge in [-0.3, -0.25) is 19.2 Å². The molecule has 1 aromatic heterocycles. The van der Waals surface area contributed by atoms with Crippen molar-refractivity contribution in [3.05, 3.63) is 72.6 Å². The summed E-state index contributed by atoms with van der Waals surface area (Å²) in [6.45, 7) is 8.86. The molecule has 1 saturated heterocycles. The maximum absolute atomic E-state index is 13.7. The number of carbonyl (C=O) groups excluding carboxylic acids is 4. The van der Waals surface area contributed by atoms with Crippen LogP contribution in [-0.4, -0.2) is 81.6 Å². The maximum Gasteiger partial charge on any atom is 0.258 e. The molecule has 1 aliphatic rings. The third kappa shape index (κ3) is 9.68. The van der Waals surface area contributed by atoms with Gasteiger partial charge in [-0.15, -0.1) is 11.8 Å². The number of aromatic nitrogens is 1. The van der Waals surface area contributed by atoms with Crippen molar-refractivity contribution in [3.8, 4) is 5.75 Å². The summed E-state index contributed by atoms with van der Waals surface area (Å²) in [5, 5.41) is 21.8. The van der Waals surface area contributed by atoms with Crippen LogP contribution >= 0.6 is 11.8 Å². The maximum atomic E-state index is 13.7. The number of rotatable bonds is 12. The minimum absolute atomic E-state index is 0.153. The number of hydrogen-bond acceptors (Lipinski definition) is 7. The van der Waals surface area contributed by atoms with Crippen molar-refractivity contribution in [2.45, 2.75) is 70.8 Å². The largest absolute Gasteiger partial charge is 0.483 e. The highest BCUT2D eigenvalue weighted by molar-refractivity contribution is 7.99. The van der Waals surface area contributed by atoms with Gasteiger partial charge in [0.1, 0.15) is 24.9 Å². The standard InChI is InChI=1S/C35H45N5O6S/c1-22(2)30(37-29(41)19-46-28-14-10-13-24-18-39(6)16-15-25(24)28)33(44)36-26(17-23-11-8-7-9-12-23)31(42)34(45)40-21-47-20-27(40)32(43)38-35(3,4)5/h7-16,18,22,26-27,30-31,42H,17,19-21H2,1-6H3,(H2-,36,37,38,41,43,44)/p+1/t26-,27-,30-,31-/m0/s1. The summed E-state index contributed by atoms with van der Waals surface area (Å²) in [6.07, 6.45) is 2.36. The van der Waals surface area contributed by atoms with Crippen LogP contribution in [-0.2, 0) is 32.6 Å². The second-order valence-corrected chi connectivity index (χ2v) is 14.3. The highest BCUT2D eigenvalue weighted by Crippen LogP contribution is 2.25. The van der Waals surface area contributed by atoms with Gasteiger partial charge in [0.2, 0.25) is 11.8 Å². The van der Waals surface area contributed by atoms with Gasteiger partial charge in [0.15, 0.2) is 25.1 Å². The Kier molecular flexibility index (Phi) is 11.9. The van der Waals surface area contributed by atoms with Gasteiger partial charge in [-0.05, 0) is 50.8 Å². The number of pyridine rings is 1. The smallest absolute Gasteiger partial charge is 0.258 e. The summed E-state index contributed by atoms with van der Waals surface area (Å²) in [5.74, 6) is -1.11. The summed E-state index contributed by atoms with van der Waals surface area (Å²) < 4.78 is 7.77. The number of amides is 4. The number of benzene rings is 2. The van der Waals surface area contributed by atoms with Gasteiger partial charge >= 0.3 is 0 Å². The van der Waals surface area contributed by atoms with Crippen LogP contribution in [0.1, 0.15) is 40.2 Å². The molecule has 4 atom stereocenters. The Morgan fingerprint density at radius 1 is 1.04 bits per heavy atom. The van der Waals surface area contributed by atoms with E-state index in [1.54, 1.807) is 19.9 Å². The summed E-state index contributed by atoms with van der Waals surface area (Å²) in [4.78, 5) is 54.8. The van der Waals surface area contributed by atoms with Crippen molar-refractivity contribution in [2.24, 2.45) is 13.0 Å². The zero-order valence-corrected chi connectivity index (χ0v) is 28.7. The van der Waals surface area contributed by atoms with Gasteiger partial charge in [-0.1, -0.05) is 50.2 Å². The lowest BCUT2D eigenvalue weighted by molar-refractivity contribution is -0.670. The number of thioether (sulfide) groups is 1. The van der Waals surface area contributed by atoms with Gasteiger partial charge in [-0.2, -0.15) is 0 Å². The van der Waals surface area contributed by atoms with Gasteiger partial charge < -0.3 is 30.7 Å². The van der Waals surface area contributed by atoms with Crippen LogP contribution < -0.4 is 25.3 Å². The van der Waals surface area contributed by atoms with Crippen molar-refractivity contribution in [1.29, 1.82) is 0 Å². The van der Waals surface area contributed by atoms with Gasteiger partial charge in [0.05, 0.1) is 11.9 Å². The normalized spacial score (nSPS) is 16.8. The van der Waals surface area contributed by atoms with Crippen LogP contribution in [0.5, 0.6) is 5.75 Å². The lowest BCUT2D eigenvalue weighted by Gasteiger charge is -2.32. The molecule has 252 valence electrons. The lowest BCUT2D eigenvalue weighted by Crippen LogP contribution is -2.60. The van der Waals surface area contributed by atoms with Crippen LogP contribution in [0.3, 0.4) is 0 Å². The molecule has 1 fully saturated rings. The average molecular weight is 665 g/mol. The van der Waals surface area contributed by atoms with Crippen LogP contribution in [0.4, 0.5) is 0 Å². The third-order valence-corrected chi connectivity index (χ3v) is 8.78. The first-order valence-corrected chi connectivity index (χ1v) is 16.9. The molecule has 2 aromatic carbocycles. The van der Waals surface area contributed by atoms with Crippen LogP contribution in [0, 0.1) is 5.92 Å².